The van der Waals surface area contributed by atoms with Gasteiger partial charge >= 0.3 is 0 Å². The molecule has 41 heavy (non-hydrogen) atoms. The number of unbranched alkanes of at least 4 members (excludes halogenated alkanes) is 13. The van der Waals surface area contributed by atoms with E-state index in [0.717, 1.165) is 29.7 Å². The van der Waals surface area contributed by atoms with Gasteiger partial charge in [0.1, 0.15) is 5.60 Å². The minimum absolute atomic E-state index is 0.00263. The first-order valence-corrected chi connectivity index (χ1v) is 16.9. The number of thiol groups is 1. The fourth-order valence-corrected chi connectivity index (χ4v) is 5.84. The van der Waals surface area contributed by atoms with Gasteiger partial charge in [0.15, 0.2) is 0 Å². The zero-order valence-electron chi connectivity index (χ0n) is 25.5. The predicted molar refractivity (Wildman–Crippen MR) is 179 cm³/mol. The minimum Gasteiger partial charge on any atom is -0.380 e. The Hall–Kier alpha value is -2.07. The molecule has 3 rings (SSSR count). The molecule has 0 radical (unpaired) electrons. The summed E-state index contributed by atoms with van der Waals surface area (Å²) in [7, 11) is 0. The fourth-order valence-electron chi connectivity index (χ4n) is 5.66. The molecule has 224 valence electrons. The predicted octanol–water partition coefficient (Wildman–Crippen LogP) is 10.8. The SMILES string of the molecule is CCCCCCCCCCCCCCCCOC[C@H](S)COC(c1ccccc1)(c1ccccc1)c1ccccc1. The van der Waals surface area contributed by atoms with Gasteiger partial charge in [-0.3, -0.25) is 0 Å². The topological polar surface area (TPSA) is 18.5 Å². The summed E-state index contributed by atoms with van der Waals surface area (Å²) in [6, 6.07) is 31.6. The highest BCUT2D eigenvalue weighted by Crippen LogP contribution is 2.40. The van der Waals surface area contributed by atoms with Crippen LogP contribution in [0.5, 0.6) is 0 Å². The highest BCUT2D eigenvalue weighted by Gasteiger charge is 2.37. The van der Waals surface area contributed by atoms with Crippen LogP contribution in [0.15, 0.2) is 91.0 Å². The molecule has 3 heteroatoms. The summed E-state index contributed by atoms with van der Waals surface area (Å²) in [5, 5.41) is -0.00263. The summed E-state index contributed by atoms with van der Waals surface area (Å²) in [4.78, 5) is 0. The molecule has 0 bridgehead atoms. The maximum atomic E-state index is 6.87. The van der Waals surface area contributed by atoms with E-state index in [9.17, 15) is 0 Å². The van der Waals surface area contributed by atoms with Crippen LogP contribution in [-0.4, -0.2) is 25.1 Å². The van der Waals surface area contributed by atoms with E-state index in [2.05, 4.69) is 97.9 Å². The van der Waals surface area contributed by atoms with Crippen molar-refractivity contribution in [3.05, 3.63) is 108 Å². The highest BCUT2D eigenvalue weighted by molar-refractivity contribution is 7.81. The van der Waals surface area contributed by atoms with Crippen LogP contribution < -0.4 is 0 Å². The van der Waals surface area contributed by atoms with E-state index in [0.29, 0.717) is 13.2 Å². The first-order valence-electron chi connectivity index (χ1n) is 16.3. The molecule has 3 aromatic rings. The van der Waals surface area contributed by atoms with E-state index >= 15 is 0 Å². The molecule has 0 saturated carbocycles. The summed E-state index contributed by atoms with van der Waals surface area (Å²) >= 11 is 4.86. The van der Waals surface area contributed by atoms with E-state index in [1.807, 2.05) is 0 Å². The number of hydrogen-bond acceptors (Lipinski definition) is 3. The van der Waals surface area contributed by atoms with E-state index in [-0.39, 0.29) is 5.25 Å². The Morgan fingerprint density at radius 2 is 0.878 bits per heavy atom. The lowest BCUT2D eigenvalue weighted by molar-refractivity contribution is 0.00271. The molecule has 0 saturated heterocycles. The quantitative estimate of drug-likeness (QED) is 0.0690. The molecular weight excluding hydrogens is 520 g/mol. The van der Waals surface area contributed by atoms with Gasteiger partial charge in [-0.05, 0) is 23.1 Å². The van der Waals surface area contributed by atoms with Crippen molar-refractivity contribution >= 4 is 12.6 Å². The highest BCUT2D eigenvalue weighted by atomic mass is 32.1. The molecule has 0 aromatic heterocycles. The van der Waals surface area contributed by atoms with Gasteiger partial charge in [0.05, 0.1) is 13.2 Å². The maximum Gasteiger partial charge on any atom is 0.143 e. The van der Waals surface area contributed by atoms with Crippen molar-refractivity contribution in [1.82, 2.24) is 0 Å². The summed E-state index contributed by atoms with van der Waals surface area (Å²) in [5.74, 6) is 0. The molecule has 1 atom stereocenters. The van der Waals surface area contributed by atoms with Gasteiger partial charge in [-0.15, -0.1) is 0 Å². The van der Waals surface area contributed by atoms with Crippen LogP contribution in [0.4, 0.5) is 0 Å². The molecule has 3 aromatic carbocycles. The van der Waals surface area contributed by atoms with Gasteiger partial charge in [-0.2, -0.15) is 12.6 Å². The van der Waals surface area contributed by atoms with Crippen LogP contribution in [0.1, 0.15) is 114 Å². The van der Waals surface area contributed by atoms with Gasteiger partial charge in [0.2, 0.25) is 0 Å². The summed E-state index contributed by atoms with van der Waals surface area (Å²) in [5.41, 5.74) is 2.63. The second kappa shape index (κ2) is 20.8. The van der Waals surface area contributed by atoms with Gasteiger partial charge in [-0.25, -0.2) is 0 Å². The normalized spacial score (nSPS) is 12.4. The van der Waals surface area contributed by atoms with Crippen molar-refractivity contribution in [3.8, 4) is 0 Å². The van der Waals surface area contributed by atoms with Crippen molar-refractivity contribution in [3.63, 3.8) is 0 Å². The molecule has 0 unspecified atom stereocenters. The molecule has 0 aliphatic carbocycles. The third kappa shape index (κ3) is 12.0. The first-order chi connectivity index (χ1) is 20.3. The zero-order chi connectivity index (χ0) is 28.9. The molecule has 0 aliphatic heterocycles. The minimum atomic E-state index is -0.709. The Kier molecular flexibility index (Phi) is 16.9. The lowest BCUT2D eigenvalue weighted by atomic mass is 9.80. The molecule has 0 N–H and O–H groups in total. The molecular formula is C38H54O2S. The lowest BCUT2D eigenvalue weighted by Gasteiger charge is -2.36. The Balaban J connectivity index is 1.36. The number of ether oxygens (including phenoxy) is 2. The second-order valence-corrected chi connectivity index (χ2v) is 12.1. The van der Waals surface area contributed by atoms with Crippen molar-refractivity contribution in [2.75, 3.05) is 19.8 Å². The molecule has 0 fully saturated rings. The van der Waals surface area contributed by atoms with Crippen molar-refractivity contribution in [2.24, 2.45) is 0 Å². The summed E-state index contributed by atoms with van der Waals surface area (Å²) < 4.78 is 12.9. The van der Waals surface area contributed by atoms with E-state index in [4.69, 9.17) is 22.1 Å². The van der Waals surface area contributed by atoms with Crippen LogP contribution in [-0.2, 0) is 15.1 Å². The van der Waals surface area contributed by atoms with Gasteiger partial charge in [0.25, 0.3) is 0 Å². The monoisotopic (exact) mass is 574 g/mol. The first kappa shape index (κ1) is 33.4. The average Bonchev–Trinajstić information content (AvgIpc) is 3.03. The van der Waals surface area contributed by atoms with Crippen LogP contribution >= 0.6 is 12.6 Å². The van der Waals surface area contributed by atoms with Crippen LogP contribution in [0.3, 0.4) is 0 Å². The number of hydrogen-bond donors (Lipinski definition) is 1. The summed E-state index contributed by atoms with van der Waals surface area (Å²) in [6.45, 7) is 4.17. The second-order valence-electron chi connectivity index (χ2n) is 11.4. The van der Waals surface area contributed by atoms with Gasteiger partial charge < -0.3 is 9.47 Å². The lowest BCUT2D eigenvalue weighted by Crippen LogP contribution is -2.35. The smallest absolute Gasteiger partial charge is 0.143 e. The third-order valence-electron chi connectivity index (χ3n) is 7.99. The van der Waals surface area contributed by atoms with Gasteiger partial charge in [0, 0.05) is 11.9 Å². The largest absolute Gasteiger partial charge is 0.380 e. The Bertz CT molecular complexity index is 912. The maximum absolute atomic E-state index is 6.87. The van der Waals surface area contributed by atoms with E-state index in [1.165, 1.54) is 83.5 Å². The standard InChI is InChI=1S/C38H54O2S/c1-2-3-4-5-6-7-8-9-10-11-12-13-14-24-31-39-32-37(41)33-40-38(34-25-18-15-19-26-34,35-27-20-16-21-28-35)36-29-22-17-23-30-36/h15-23,25-30,37,41H,2-14,24,31-33H2,1H3/t37-/m0/s1. The summed E-state index contributed by atoms with van der Waals surface area (Å²) in [6.07, 6.45) is 19.2. The number of benzene rings is 3. The molecule has 0 amide bonds. The number of rotatable bonds is 23. The molecule has 0 aliphatic rings. The fraction of sp³-hybridized carbons (Fsp3) is 0.526. The molecule has 0 spiro atoms. The Morgan fingerprint density at radius 3 is 1.27 bits per heavy atom. The third-order valence-corrected chi connectivity index (χ3v) is 8.28. The van der Waals surface area contributed by atoms with E-state index < -0.39 is 5.60 Å². The van der Waals surface area contributed by atoms with Crippen LogP contribution in [0, 0.1) is 0 Å². The Morgan fingerprint density at radius 1 is 0.512 bits per heavy atom. The van der Waals surface area contributed by atoms with Gasteiger partial charge in [-0.1, -0.05) is 181 Å². The van der Waals surface area contributed by atoms with Crippen LogP contribution in [0.2, 0.25) is 0 Å². The van der Waals surface area contributed by atoms with Crippen molar-refractivity contribution in [2.45, 2.75) is 108 Å². The molecule has 0 heterocycles. The molecule has 2 nitrogen and oxygen atoms in total. The average molecular weight is 575 g/mol. The Labute approximate surface area is 256 Å². The van der Waals surface area contributed by atoms with Crippen molar-refractivity contribution < 1.29 is 9.47 Å². The van der Waals surface area contributed by atoms with Crippen LogP contribution in [0.25, 0.3) is 0 Å². The van der Waals surface area contributed by atoms with E-state index in [1.54, 1.807) is 0 Å². The zero-order valence-corrected chi connectivity index (χ0v) is 26.4. The van der Waals surface area contributed by atoms with Crippen molar-refractivity contribution in [1.29, 1.82) is 0 Å².